The molecule has 7 aromatic rings. The summed E-state index contributed by atoms with van der Waals surface area (Å²) in [6.07, 6.45) is 0. The van der Waals surface area contributed by atoms with Crippen LogP contribution < -0.4 is 0 Å². The molecule has 0 bridgehead atoms. The molecule has 0 heterocycles. The minimum Gasteiger partial charge on any atom is -0.0622 e. The van der Waals surface area contributed by atoms with Crippen molar-refractivity contribution < 1.29 is 0 Å². The monoisotopic (exact) mass is 534 g/mol. The molecule has 0 fully saturated rings. The Morgan fingerprint density at radius 1 is 0.190 bits per heavy atom. The number of benzene rings is 7. The summed E-state index contributed by atoms with van der Waals surface area (Å²) in [6, 6.07) is 65.3. The number of hydrogen-bond acceptors (Lipinski definition) is 0. The van der Waals surface area contributed by atoms with E-state index in [-0.39, 0.29) is 0 Å². The van der Waals surface area contributed by atoms with E-state index in [4.69, 9.17) is 0 Å². The maximum absolute atomic E-state index is 2.38. The fourth-order valence-electron chi connectivity index (χ4n) is 5.99. The summed E-state index contributed by atoms with van der Waals surface area (Å²) >= 11 is 0. The van der Waals surface area contributed by atoms with Gasteiger partial charge >= 0.3 is 0 Å². The zero-order valence-electron chi connectivity index (χ0n) is 23.3. The maximum atomic E-state index is 2.38. The first kappa shape index (κ1) is 25.5. The van der Waals surface area contributed by atoms with Crippen LogP contribution in [0.25, 0.3) is 66.8 Å². The van der Waals surface area contributed by atoms with Crippen LogP contribution >= 0.6 is 0 Å². The van der Waals surface area contributed by atoms with Crippen molar-refractivity contribution in [3.8, 4) is 66.8 Å². The highest BCUT2D eigenvalue weighted by Gasteiger charge is 2.18. The molecular weight excluding hydrogens is 504 g/mol. The Labute approximate surface area is 248 Å². The van der Waals surface area contributed by atoms with Gasteiger partial charge in [-0.3, -0.25) is 0 Å². The minimum atomic E-state index is 1.20. The Morgan fingerprint density at radius 2 is 0.429 bits per heavy atom. The molecule has 0 N–H and O–H groups in total. The van der Waals surface area contributed by atoms with Gasteiger partial charge in [0.05, 0.1) is 0 Å². The average Bonchev–Trinajstić information content (AvgIpc) is 3.09. The van der Waals surface area contributed by atoms with Gasteiger partial charge in [-0.25, -0.2) is 0 Å². The van der Waals surface area contributed by atoms with Gasteiger partial charge in [-0.2, -0.15) is 0 Å². The molecule has 0 aliphatic carbocycles. The lowest BCUT2D eigenvalue weighted by atomic mass is 9.84. The Kier molecular flexibility index (Phi) is 7.02. The summed E-state index contributed by atoms with van der Waals surface area (Å²) in [5, 5.41) is 0. The smallest absolute Gasteiger partial charge is 0.00266 e. The topological polar surface area (TPSA) is 0 Å². The first-order chi connectivity index (χ1) is 20.9. The zero-order valence-corrected chi connectivity index (χ0v) is 23.3. The van der Waals surface area contributed by atoms with Crippen LogP contribution in [-0.2, 0) is 0 Å². The molecule has 0 aromatic heterocycles. The fourth-order valence-corrected chi connectivity index (χ4v) is 5.99. The third-order valence-electron chi connectivity index (χ3n) is 7.91. The third kappa shape index (κ3) is 4.96. The molecule has 0 aliphatic heterocycles. The van der Waals surface area contributed by atoms with E-state index in [1.165, 1.54) is 66.8 Å². The summed E-state index contributed by atoms with van der Waals surface area (Å²) < 4.78 is 0. The molecule has 0 amide bonds. The molecule has 0 spiro atoms. The quantitative estimate of drug-likeness (QED) is 0.199. The summed E-state index contributed by atoms with van der Waals surface area (Å²) in [7, 11) is 0. The highest BCUT2D eigenvalue weighted by atomic mass is 14.2. The van der Waals surface area contributed by atoms with E-state index in [0.29, 0.717) is 0 Å². The Hall–Kier alpha value is -5.46. The molecule has 0 aliphatic rings. The van der Waals surface area contributed by atoms with Crippen LogP contribution in [0.5, 0.6) is 0 Å². The van der Waals surface area contributed by atoms with E-state index in [0.717, 1.165) is 0 Å². The van der Waals surface area contributed by atoms with Gasteiger partial charge in [-0.05, 0) is 72.8 Å². The zero-order chi connectivity index (χ0) is 28.1. The molecular formula is C42H30. The Bertz CT molecular complexity index is 1680. The molecule has 0 unspecified atom stereocenters. The largest absolute Gasteiger partial charge is 0.0622 e. The SMILES string of the molecule is c1ccc(-c2cccc(-c3ccccc3)c2-c2cccc(-c3c(-c4ccccc4)cccc3-c3ccccc3)c2)cc1. The fraction of sp³-hybridized carbons (Fsp3) is 0. The molecule has 7 rings (SSSR count). The van der Waals surface area contributed by atoms with Gasteiger partial charge in [0, 0.05) is 0 Å². The van der Waals surface area contributed by atoms with Crippen molar-refractivity contribution in [3.05, 3.63) is 182 Å². The van der Waals surface area contributed by atoms with Crippen molar-refractivity contribution in [1.29, 1.82) is 0 Å². The first-order valence-corrected chi connectivity index (χ1v) is 14.5. The molecule has 7 aromatic carbocycles. The van der Waals surface area contributed by atoms with E-state index in [9.17, 15) is 0 Å². The van der Waals surface area contributed by atoms with E-state index in [1.807, 2.05) is 0 Å². The van der Waals surface area contributed by atoms with Crippen LogP contribution in [0.4, 0.5) is 0 Å². The lowest BCUT2D eigenvalue weighted by Gasteiger charge is -2.19. The van der Waals surface area contributed by atoms with Crippen LogP contribution in [0, 0.1) is 0 Å². The van der Waals surface area contributed by atoms with Crippen LogP contribution in [-0.4, -0.2) is 0 Å². The maximum Gasteiger partial charge on any atom is -0.00266 e. The highest BCUT2D eigenvalue weighted by Crippen LogP contribution is 2.44. The van der Waals surface area contributed by atoms with Crippen molar-refractivity contribution in [2.45, 2.75) is 0 Å². The normalized spacial score (nSPS) is 10.9. The molecule has 0 saturated heterocycles. The van der Waals surface area contributed by atoms with E-state index < -0.39 is 0 Å². The number of rotatable bonds is 6. The van der Waals surface area contributed by atoms with Gasteiger partial charge in [0.1, 0.15) is 0 Å². The van der Waals surface area contributed by atoms with E-state index >= 15 is 0 Å². The van der Waals surface area contributed by atoms with Gasteiger partial charge in [-0.15, -0.1) is 0 Å². The average molecular weight is 535 g/mol. The molecule has 0 saturated carbocycles. The van der Waals surface area contributed by atoms with Crippen molar-refractivity contribution in [3.63, 3.8) is 0 Å². The molecule has 42 heavy (non-hydrogen) atoms. The predicted molar refractivity (Wildman–Crippen MR) is 179 cm³/mol. The first-order valence-electron chi connectivity index (χ1n) is 14.5. The minimum absolute atomic E-state index is 1.20. The van der Waals surface area contributed by atoms with Gasteiger partial charge in [0.25, 0.3) is 0 Å². The van der Waals surface area contributed by atoms with Crippen molar-refractivity contribution in [2.24, 2.45) is 0 Å². The van der Waals surface area contributed by atoms with E-state index in [2.05, 4.69) is 182 Å². The molecule has 0 nitrogen and oxygen atoms in total. The summed E-state index contributed by atoms with van der Waals surface area (Å²) in [5.41, 5.74) is 14.7. The standard InChI is InChI=1S/C42H30/c1-5-16-31(17-6-1)37-26-14-27-38(32-18-7-2-8-19-32)41(37)35-24-13-25-36(30-35)42-39(33-20-9-3-10-21-33)28-15-29-40(42)34-22-11-4-12-23-34/h1-30H. The van der Waals surface area contributed by atoms with Crippen LogP contribution in [0.2, 0.25) is 0 Å². The summed E-state index contributed by atoms with van der Waals surface area (Å²) in [4.78, 5) is 0. The lowest BCUT2D eigenvalue weighted by molar-refractivity contribution is 1.54. The van der Waals surface area contributed by atoms with Gasteiger partial charge in [0.15, 0.2) is 0 Å². The van der Waals surface area contributed by atoms with E-state index in [1.54, 1.807) is 0 Å². The van der Waals surface area contributed by atoms with Gasteiger partial charge < -0.3 is 0 Å². The Balaban J connectivity index is 1.50. The van der Waals surface area contributed by atoms with Crippen molar-refractivity contribution in [2.75, 3.05) is 0 Å². The summed E-state index contributed by atoms with van der Waals surface area (Å²) in [6.45, 7) is 0. The van der Waals surface area contributed by atoms with Gasteiger partial charge in [-0.1, -0.05) is 176 Å². The summed E-state index contributed by atoms with van der Waals surface area (Å²) in [5.74, 6) is 0. The van der Waals surface area contributed by atoms with Gasteiger partial charge in [0.2, 0.25) is 0 Å². The molecule has 198 valence electrons. The molecule has 0 heteroatoms. The van der Waals surface area contributed by atoms with Crippen LogP contribution in [0.1, 0.15) is 0 Å². The lowest BCUT2D eigenvalue weighted by Crippen LogP contribution is -1.93. The second kappa shape index (κ2) is 11.6. The van der Waals surface area contributed by atoms with Crippen LogP contribution in [0.3, 0.4) is 0 Å². The predicted octanol–water partition coefficient (Wildman–Crippen LogP) is 11.7. The third-order valence-corrected chi connectivity index (χ3v) is 7.91. The number of hydrogen-bond donors (Lipinski definition) is 0. The second-order valence-corrected chi connectivity index (χ2v) is 10.5. The van der Waals surface area contributed by atoms with Crippen LogP contribution in [0.15, 0.2) is 182 Å². The second-order valence-electron chi connectivity index (χ2n) is 10.5. The van der Waals surface area contributed by atoms with Crippen molar-refractivity contribution >= 4 is 0 Å². The Morgan fingerprint density at radius 3 is 0.714 bits per heavy atom. The molecule has 0 atom stereocenters. The molecule has 0 radical (unpaired) electrons. The highest BCUT2D eigenvalue weighted by molar-refractivity contribution is 5.99. The van der Waals surface area contributed by atoms with Crippen molar-refractivity contribution in [1.82, 2.24) is 0 Å².